The van der Waals surface area contributed by atoms with E-state index in [4.69, 9.17) is 4.74 Å². The van der Waals surface area contributed by atoms with E-state index in [0.29, 0.717) is 5.92 Å². The number of rotatable bonds is 4. The van der Waals surface area contributed by atoms with Crippen LogP contribution in [0.5, 0.6) is 0 Å². The molecule has 1 N–H and O–H groups in total. The molecule has 1 saturated carbocycles. The van der Waals surface area contributed by atoms with E-state index in [9.17, 15) is 4.79 Å². The van der Waals surface area contributed by atoms with Crippen LogP contribution in [0.4, 0.5) is 4.79 Å². The Hall–Kier alpha value is -0.770. The lowest BCUT2D eigenvalue weighted by Crippen LogP contribution is -2.36. The molecule has 0 bridgehead atoms. The minimum absolute atomic E-state index is 0.148. The summed E-state index contributed by atoms with van der Waals surface area (Å²) < 4.78 is 5.44. The number of hydrogen-bond donors (Lipinski definition) is 1. The molecule has 2 rings (SSSR count). The van der Waals surface area contributed by atoms with Gasteiger partial charge in [-0.15, -0.1) is 0 Å². The molecular formula is C17H32N2O2. The maximum Gasteiger partial charge on any atom is 0.410 e. The van der Waals surface area contributed by atoms with Crippen LogP contribution in [0.1, 0.15) is 65.7 Å². The Morgan fingerprint density at radius 2 is 1.90 bits per heavy atom. The standard InChI is InChI=1S/C17H32N2O2/c1-17(2,3)21-16(20)19-12-10-14(13-19)9-11-18-15-7-5-4-6-8-15/h14-15,18H,4-13H2,1-3H3. The lowest BCUT2D eigenvalue weighted by Gasteiger charge is -2.25. The highest BCUT2D eigenvalue weighted by Gasteiger charge is 2.29. The average molecular weight is 296 g/mol. The average Bonchev–Trinajstić information content (AvgIpc) is 2.87. The van der Waals surface area contributed by atoms with Gasteiger partial charge in [-0.05, 0) is 58.9 Å². The Balaban J connectivity index is 1.62. The molecule has 1 atom stereocenters. The molecule has 1 unspecified atom stereocenters. The first-order chi connectivity index (χ1) is 9.94. The predicted octanol–water partition coefficient (Wildman–Crippen LogP) is 3.56. The molecule has 1 aliphatic carbocycles. The van der Waals surface area contributed by atoms with Crippen molar-refractivity contribution in [3.63, 3.8) is 0 Å². The second kappa shape index (κ2) is 7.48. The zero-order valence-corrected chi connectivity index (χ0v) is 14.0. The number of nitrogens with one attached hydrogen (secondary N) is 1. The summed E-state index contributed by atoms with van der Waals surface area (Å²) in [4.78, 5) is 13.9. The first-order valence-corrected chi connectivity index (χ1v) is 8.65. The van der Waals surface area contributed by atoms with Gasteiger partial charge in [-0.25, -0.2) is 4.79 Å². The van der Waals surface area contributed by atoms with E-state index in [1.54, 1.807) is 0 Å². The largest absolute Gasteiger partial charge is 0.444 e. The van der Waals surface area contributed by atoms with E-state index < -0.39 is 5.60 Å². The molecule has 4 nitrogen and oxygen atoms in total. The van der Waals surface area contributed by atoms with Gasteiger partial charge in [0.25, 0.3) is 0 Å². The minimum Gasteiger partial charge on any atom is -0.444 e. The number of ether oxygens (including phenoxy) is 1. The van der Waals surface area contributed by atoms with Gasteiger partial charge < -0.3 is 15.0 Å². The van der Waals surface area contributed by atoms with Gasteiger partial charge in [0.2, 0.25) is 0 Å². The van der Waals surface area contributed by atoms with Crippen LogP contribution in [-0.4, -0.2) is 42.3 Å². The molecule has 0 spiro atoms. The maximum absolute atomic E-state index is 12.0. The Morgan fingerprint density at radius 1 is 1.19 bits per heavy atom. The Labute approximate surface area is 129 Å². The lowest BCUT2D eigenvalue weighted by atomic mass is 9.95. The lowest BCUT2D eigenvalue weighted by molar-refractivity contribution is 0.0287. The fraction of sp³-hybridized carbons (Fsp3) is 0.941. The monoisotopic (exact) mass is 296 g/mol. The van der Waals surface area contributed by atoms with E-state index in [1.165, 1.54) is 38.5 Å². The van der Waals surface area contributed by atoms with E-state index in [1.807, 2.05) is 25.7 Å². The van der Waals surface area contributed by atoms with Crippen molar-refractivity contribution in [1.29, 1.82) is 0 Å². The van der Waals surface area contributed by atoms with Gasteiger partial charge in [0.1, 0.15) is 5.60 Å². The molecule has 0 aromatic heterocycles. The highest BCUT2D eigenvalue weighted by molar-refractivity contribution is 5.68. The van der Waals surface area contributed by atoms with Crippen molar-refractivity contribution in [2.45, 2.75) is 77.4 Å². The summed E-state index contributed by atoms with van der Waals surface area (Å²) in [5.41, 5.74) is -0.391. The molecular weight excluding hydrogens is 264 g/mol. The number of amides is 1. The van der Waals surface area contributed by atoms with Crippen LogP contribution in [0.2, 0.25) is 0 Å². The summed E-state index contributed by atoms with van der Waals surface area (Å²) in [7, 11) is 0. The second-order valence-electron chi connectivity index (χ2n) is 7.66. The number of carbonyl (C=O) groups is 1. The highest BCUT2D eigenvalue weighted by atomic mass is 16.6. The number of hydrogen-bond acceptors (Lipinski definition) is 3. The van der Waals surface area contributed by atoms with Gasteiger partial charge in [0.05, 0.1) is 0 Å². The predicted molar refractivity (Wildman–Crippen MR) is 85.4 cm³/mol. The first kappa shape index (κ1) is 16.6. The maximum atomic E-state index is 12.0. The van der Waals surface area contributed by atoms with Gasteiger partial charge in [0, 0.05) is 19.1 Å². The van der Waals surface area contributed by atoms with Gasteiger partial charge in [-0.1, -0.05) is 19.3 Å². The van der Waals surface area contributed by atoms with Gasteiger partial charge in [-0.2, -0.15) is 0 Å². The summed E-state index contributed by atoms with van der Waals surface area (Å²) in [6.45, 7) is 8.58. The van der Waals surface area contributed by atoms with E-state index in [-0.39, 0.29) is 6.09 Å². The van der Waals surface area contributed by atoms with Crippen LogP contribution >= 0.6 is 0 Å². The van der Waals surface area contributed by atoms with Crippen LogP contribution < -0.4 is 5.32 Å². The first-order valence-electron chi connectivity index (χ1n) is 8.65. The normalized spacial score (nSPS) is 24.3. The molecule has 0 radical (unpaired) electrons. The van der Waals surface area contributed by atoms with Crippen LogP contribution in [0.3, 0.4) is 0 Å². The van der Waals surface area contributed by atoms with Gasteiger partial charge in [-0.3, -0.25) is 0 Å². The van der Waals surface area contributed by atoms with Gasteiger partial charge >= 0.3 is 6.09 Å². The molecule has 0 aromatic carbocycles. The molecule has 1 aliphatic heterocycles. The third-order valence-corrected chi connectivity index (χ3v) is 4.53. The highest BCUT2D eigenvalue weighted by Crippen LogP contribution is 2.22. The Morgan fingerprint density at radius 3 is 2.57 bits per heavy atom. The molecule has 1 saturated heterocycles. The topological polar surface area (TPSA) is 41.6 Å². The molecule has 4 heteroatoms. The van der Waals surface area contributed by atoms with Crippen molar-refractivity contribution >= 4 is 6.09 Å². The van der Waals surface area contributed by atoms with E-state index >= 15 is 0 Å². The number of likely N-dealkylation sites (tertiary alicyclic amines) is 1. The van der Waals surface area contributed by atoms with Crippen LogP contribution in [0, 0.1) is 5.92 Å². The number of carbonyl (C=O) groups excluding carboxylic acids is 1. The SMILES string of the molecule is CC(C)(C)OC(=O)N1CCC(CCNC2CCCCC2)C1. The Kier molecular flexibility index (Phi) is 5.91. The smallest absolute Gasteiger partial charge is 0.410 e. The fourth-order valence-electron chi connectivity index (χ4n) is 3.36. The fourth-order valence-corrected chi connectivity index (χ4v) is 3.36. The molecule has 2 fully saturated rings. The third kappa shape index (κ3) is 5.85. The summed E-state index contributed by atoms with van der Waals surface area (Å²) in [5, 5.41) is 3.70. The molecule has 0 aromatic rings. The van der Waals surface area contributed by atoms with Crippen molar-refractivity contribution < 1.29 is 9.53 Å². The zero-order chi connectivity index (χ0) is 15.3. The van der Waals surface area contributed by atoms with Crippen molar-refractivity contribution in [2.75, 3.05) is 19.6 Å². The van der Waals surface area contributed by atoms with E-state index in [2.05, 4.69) is 5.32 Å². The van der Waals surface area contributed by atoms with Crippen LogP contribution in [-0.2, 0) is 4.74 Å². The zero-order valence-electron chi connectivity index (χ0n) is 14.0. The van der Waals surface area contributed by atoms with Gasteiger partial charge in [0.15, 0.2) is 0 Å². The van der Waals surface area contributed by atoms with Crippen molar-refractivity contribution in [3.8, 4) is 0 Å². The molecule has 1 heterocycles. The summed E-state index contributed by atoms with van der Waals surface area (Å²) >= 11 is 0. The summed E-state index contributed by atoms with van der Waals surface area (Å²) in [5.74, 6) is 0.633. The second-order valence-corrected chi connectivity index (χ2v) is 7.66. The quantitative estimate of drug-likeness (QED) is 0.862. The van der Waals surface area contributed by atoms with Crippen LogP contribution in [0.15, 0.2) is 0 Å². The molecule has 1 amide bonds. The molecule has 2 aliphatic rings. The molecule has 21 heavy (non-hydrogen) atoms. The van der Waals surface area contributed by atoms with Crippen LogP contribution in [0.25, 0.3) is 0 Å². The van der Waals surface area contributed by atoms with Crippen molar-refractivity contribution in [1.82, 2.24) is 10.2 Å². The van der Waals surface area contributed by atoms with E-state index in [0.717, 1.165) is 32.1 Å². The van der Waals surface area contributed by atoms with Crippen molar-refractivity contribution in [3.05, 3.63) is 0 Å². The summed E-state index contributed by atoms with van der Waals surface area (Å²) in [6, 6.07) is 0.738. The van der Waals surface area contributed by atoms with Crippen molar-refractivity contribution in [2.24, 2.45) is 5.92 Å². The summed E-state index contributed by atoms with van der Waals surface area (Å²) in [6.07, 6.45) is 9.00. The third-order valence-electron chi connectivity index (χ3n) is 4.53. The minimum atomic E-state index is -0.391. The Bertz CT molecular complexity index is 332. The molecule has 122 valence electrons. The number of nitrogens with zero attached hydrogens (tertiary/aromatic N) is 1.